The monoisotopic (exact) mass is 448 g/mol. The van der Waals surface area contributed by atoms with Crippen molar-refractivity contribution < 1.29 is 9.53 Å². The Morgan fingerprint density at radius 3 is 2.50 bits per heavy atom. The number of carbonyl (C=O) groups is 1. The Balaban J connectivity index is 1.24. The number of nitrogens with one attached hydrogen (secondary N) is 1. The van der Waals surface area contributed by atoms with E-state index in [9.17, 15) is 4.79 Å². The third kappa shape index (κ3) is 5.26. The fourth-order valence-corrected chi connectivity index (χ4v) is 3.51. The number of aryl methyl sites for hydroxylation is 3. The fraction of sp³-hybridized carbons (Fsp3) is 0.240. The van der Waals surface area contributed by atoms with Crippen molar-refractivity contribution in [3.05, 3.63) is 87.9 Å². The van der Waals surface area contributed by atoms with Gasteiger partial charge >= 0.3 is 0 Å². The van der Waals surface area contributed by atoms with Crippen molar-refractivity contribution in [2.24, 2.45) is 0 Å². The van der Waals surface area contributed by atoms with E-state index in [-0.39, 0.29) is 5.91 Å². The van der Waals surface area contributed by atoms with Gasteiger partial charge in [-0.2, -0.15) is 0 Å². The fourth-order valence-electron chi connectivity index (χ4n) is 3.38. The maximum Gasteiger partial charge on any atom is 0.251 e. The first-order chi connectivity index (χ1) is 15.5. The van der Waals surface area contributed by atoms with Gasteiger partial charge in [-0.3, -0.25) is 4.79 Å². The van der Waals surface area contributed by atoms with E-state index in [1.165, 1.54) is 11.1 Å². The minimum atomic E-state index is -0.130. The predicted octanol–water partition coefficient (Wildman–Crippen LogP) is 5.10. The van der Waals surface area contributed by atoms with E-state index in [0.717, 1.165) is 35.3 Å². The molecule has 7 heteroatoms. The number of aromatic nitrogens is 3. The Hall–Kier alpha value is -3.38. The van der Waals surface area contributed by atoms with Crippen molar-refractivity contribution in [1.82, 2.24) is 20.3 Å². The number of rotatable bonds is 8. The van der Waals surface area contributed by atoms with Crippen LogP contribution in [0.25, 0.3) is 11.0 Å². The van der Waals surface area contributed by atoms with Crippen LogP contribution in [0, 0.1) is 13.8 Å². The number of fused-ring (bicyclic) bond motifs is 1. The molecule has 3 aromatic carbocycles. The molecule has 0 spiro atoms. The number of carbonyl (C=O) groups excluding carboxylic acids is 1. The second kappa shape index (κ2) is 9.83. The average molecular weight is 449 g/mol. The molecule has 0 unspecified atom stereocenters. The molecular formula is C25H25ClN4O2. The molecule has 4 aromatic rings. The zero-order valence-electron chi connectivity index (χ0n) is 18.1. The SMILES string of the molecule is Cc1cc2nnn(CCCOc3ccc(C(=O)NCc4ccc(Cl)cc4)cc3)c2cc1C. The summed E-state index contributed by atoms with van der Waals surface area (Å²) in [6.45, 7) is 5.90. The molecule has 1 amide bonds. The highest BCUT2D eigenvalue weighted by Gasteiger charge is 2.08. The summed E-state index contributed by atoms with van der Waals surface area (Å²) in [4.78, 5) is 12.3. The summed E-state index contributed by atoms with van der Waals surface area (Å²) in [5.74, 6) is 0.601. The van der Waals surface area contributed by atoms with Crippen LogP contribution in [0.2, 0.25) is 5.02 Å². The molecule has 1 heterocycles. The van der Waals surface area contributed by atoms with Gasteiger partial charge in [-0.15, -0.1) is 5.10 Å². The highest BCUT2D eigenvalue weighted by atomic mass is 35.5. The number of hydrogen-bond donors (Lipinski definition) is 1. The Labute approximate surface area is 192 Å². The highest BCUT2D eigenvalue weighted by molar-refractivity contribution is 6.30. The van der Waals surface area contributed by atoms with Crippen LogP contribution in [0.4, 0.5) is 0 Å². The van der Waals surface area contributed by atoms with E-state index in [4.69, 9.17) is 16.3 Å². The molecule has 32 heavy (non-hydrogen) atoms. The Morgan fingerprint density at radius 1 is 1.03 bits per heavy atom. The Kier molecular flexibility index (Phi) is 6.71. The minimum absolute atomic E-state index is 0.130. The standard InChI is InChI=1S/C25H25ClN4O2/c1-17-14-23-24(15-18(17)2)30(29-28-23)12-3-13-32-22-10-6-20(7-11-22)25(31)27-16-19-4-8-21(26)9-5-19/h4-11,14-15H,3,12-13,16H2,1-2H3,(H,27,31). The first-order valence-corrected chi connectivity index (χ1v) is 10.9. The Bertz CT molecular complexity index is 1220. The van der Waals surface area contributed by atoms with E-state index in [2.05, 4.69) is 41.6 Å². The van der Waals surface area contributed by atoms with Gasteiger partial charge in [0.15, 0.2) is 0 Å². The third-order valence-corrected chi connectivity index (χ3v) is 5.65. The molecule has 0 aliphatic rings. The minimum Gasteiger partial charge on any atom is -0.494 e. The van der Waals surface area contributed by atoms with Gasteiger partial charge < -0.3 is 10.1 Å². The zero-order valence-corrected chi connectivity index (χ0v) is 18.9. The molecule has 164 valence electrons. The molecule has 0 aliphatic heterocycles. The molecule has 0 bridgehead atoms. The van der Waals surface area contributed by atoms with Gasteiger partial charge in [-0.05, 0) is 79.1 Å². The van der Waals surface area contributed by atoms with E-state index < -0.39 is 0 Å². The van der Waals surface area contributed by atoms with Crippen LogP contribution in [-0.4, -0.2) is 27.5 Å². The normalized spacial score (nSPS) is 11.0. The van der Waals surface area contributed by atoms with Crippen LogP contribution in [0.3, 0.4) is 0 Å². The maximum atomic E-state index is 12.3. The van der Waals surface area contributed by atoms with Crippen LogP contribution in [0.5, 0.6) is 5.75 Å². The van der Waals surface area contributed by atoms with E-state index in [1.54, 1.807) is 12.1 Å². The van der Waals surface area contributed by atoms with Gasteiger partial charge in [0.05, 0.1) is 12.1 Å². The summed E-state index contributed by atoms with van der Waals surface area (Å²) >= 11 is 5.88. The number of halogens is 1. The molecule has 0 aliphatic carbocycles. The number of benzene rings is 3. The van der Waals surface area contributed by atoms with E-state index >= 15 is 0 Å². The second-order valence-corrected chi connectivity index (χ2v) is 8.21. The molecule has 0 saturated carbocycles. The molecule has 0 radical (unpaired) electrons. The van der Waals surface area contributed by atoms with Gasteiger partial charge in [0.2, 0.25) is 0 Å². The molecule has 0 atom stereocenters. The summed E-state index contributed by atoms with van der Waals surface area (Å²) in [5.41, 5.74) is 5.99. The van der Waals surface area contributed by atoms with Gasteiger partial charge in [0, 0.05) is 30.1 Å². The highest BCUT2D eigenvalue weighted by Crippen LogP contribution is 2.18. The number of ether oxygens (including phenoxy) is 1. The first kappa shape index (κ1) is 21.8. The van der Waals surface area contributed by atoms with E-state index in [0.29, 0.717) is 23.7 Å². The summed E-state index contributed by atoms with van der Waals surface area (Å²) in [5, 5.41) is 12.1. The summed E-state index contributed by atoms with van der Waals surface area (Å²) in [7, 11) is 0. The zero-order chi connectivity index (χ0) is 22.5. The van der Waals surface area contributed by atoms with Gasteiger partial charge in [-0.1, -0.05) is 28.9 Å². The quantitative estimate of drug-likeness (QED) is 0.381. The molecule has 4 rings (SSSR count). The number of amides is 1. The van der Waals surface area contributed by atoms with Crippen LogP contribution in [-0.2, 0) is 13.1 Å². The Morgan fingerprint density at radius 2 is 1.75 bits per heavy atom. The average Bonchev–Trinajstić information content (AvgIpc) is 3.18. The molecular weight excluding hydrogens is 424 g/mol. The summed E-state index contributed by atoms with van der Waals surface area (Å²) in [6, 6.07) is 18.8. The lowest BCUT2D eigenvalue weighted by atomic mass is 10.1. The molecule has 0 fully saturated rings. The smallest absolute Gasteiger partial charge is 0.251 e. The first-order valence-electron chi connectivity index (χ1n) is 10.6. The third-order valence-electron chi connectivity index (χ3n) is 5.40. The van der Waals surface area contributed by atoms with Crippen molar-refractivity contribution in [2.75, 3.05) is 6.61 Å². The number of nitrogens with zero attached hydrogens (tertiary/aromatic N) is 3. The largest absolute Gasteiger partial charge is 0.494 e. The molecule has 1 N–H and O–H groups in total. The van der Waals surface area contributed by atoms with Gasteiger partial charge in [0.25, 0.3) is 5.91 Å². The van der Waals surface area contributed by atoms with E-state index in [1.807, 2.05) is 41.1 Å². The van der Waals surface area contributed by atoms with Crippen molar-refractivity contribution in [2.45, 2.75) is 33.4 Å². The van der Waals surface area contributed by atoms with Crippen LogP contribution in [0.15, 0.2) is 60.7 Å². The number of hydrogen-bond acceptors (Lipinski definition) is 4. The van der Waals surface area contributed by atoms with Crippen molar-refractivity contribution in [3.63, 3.8) is 0 Å². The summed E-state index contributed by atoms with van der Waals surface area (Å²) in [6.07, 6.45) is 0.800. The lowest BCUT2D eigenvalue weighted by molar-refractivity contribution is 0.0951. The maximum absolute atomic E-state index is 12.3. The van der Waals surface area contributed by atoms with Crippen molar-refractivity contribution in [1.29, 1.82) is 0 Å². The van der Waals surface area contributed by atoms with Crippen LogP contribution < -0.4 is 10.1 Å². The molecule has 0 saturated heterocycles. The van der Waals surface area contributed by atoms with Crippen LogP contribution >= 0.6 is 11.6 Å². The lowest BCUT2D eigenvalue weighted by Gasteiger charge is -2.09. The molecule has 1 aromatic heterocycles. The van der Waals surface area contributed by atoms with Crippen LogP contribution in [0.1, 0.15) is 33.5 Å². The van der Waals surface area contributed by atoms with Gasteiger partial charge in [-0.25, -0.2) is 4.68 Å². The van der Waals surface area contributed by atoms with Crippen molar-refractivity contribution in [3.8, 4) is 5.75 Å². The topological polar surface area (TPSA) is 69.0 Å². The molecule has 6 nitrogen and oxygen atoms in total. The second-order valence-electron chi connectivity index (χ2n) is 7.77. The van der Waals surface area contributed by atoms with Crippen molar-refractivity contribution >= 4 is 28.5 Å². The van der Waals surface area contributed by atoms with Gasteiger partial charge in [0.1, 0.15) is 11.3 Å². The lowest BCUT2D eigenvalue weighted by Crippen LogP contribution is -2.22. The predicted molar refractivity (Wildman–Crippen MR) is 126 cm³/mol. The summed E-state index contributed by atoms with van der Waals surface area (Å²) < 4.78 is 7.74.